The van der Waals surface area contributed by atoms with Gasteiger partial charge >= 0.3 is 0 Å². The normalized spacial score (nSPS) is 10.4. The molecule has 0 unspecified atom stereocenters. The van der Waals surface area contributed by atoms with E-state index in [9.17, 15) is 4.79 Å². The van der Waals surface area contributed by atoms with Gasteiger partial charge in [0.1, 0.15) is 5.75 Å². The molecule has 0 bridgehead atoms. The van der Waals surface area contributed by atoms with Crippen LogP contribution in [-0.4, -0.2) is 23.1 Å². The first-order valence-corrected chi connectivity index (χ1v) is 7.57. The molecule has 3 aromatic rings. The quantitative estimate of drug-likeness (QED) is 0.768. The molecule has 2 aromatic carbocycles. The molecule has 1 heterocycles. The van der Waals surface area contributed by atoms with E-state index >= 15 is 0 Å². The van der Waals surface area contributed by atoms with Gasteiger partial charge in [-0.2, -0.15) is 4.98 Å². The summed E-state index contributed by atoms with van der Waals surface area (Å²) >= 11 is 6.11. The van der Waals surface area contributed by atoms with E-state index in [1.807, 2.05) is 18.2 Å². The highest BCUT2D eigenvalue weighted by Gasteiger charge is 2.12. The third-order valence-corrected chi connectivity index (χ3v) is 3.62. The van der Waals surface area contributed by atoms with Crippen molar-refractivity contribution in [2.24, 2.45) is 0 Å². The van der Waals surface area contributed by atoms with Crippen molar-refractivity contribution in [3.05, 3.63) is 65.0 Å². The van der Waals surface area contributed by atoms with Gasteiger partial charge in [-0.1, -0.05) is 28.9 Å². The van der Waals surface area contributed by atoms with Crippen molar-refractivity contribution in [3.8, 4) is 17.1 Å². The molecule has 24 heavy (non-hydrogen) atoms. The molecule has 0 atom stereocenters. The fourth-order valence-corrected chi connectivity index (χ4v) is 2.28. The van der Waals surface area contributed by atoms with Crippen molar-refractivity contribution in [1.82, 2.24) is 15.5 Å². The van der Waals surface area contributed by atoms with Crippen molar-refractivity contribution < 1.29 is 14.1 Å². The van der Waals surface area contributed by atoms with E-state index in [4.69, 9.17) is 20.9 Å². The molecule has 0 saturated heterocycles. The first kappa shape index (κ1) is 16.0. The van der Waals surface area contributed by atoms with Crippen molar-refractivity contribution in [2.75, 3.05) is 7.05 Å². The van der Waals surface area contributed by atoms with Gasteiger partial charge in [-0.05, 0) is 36.4 Å². The Morgan fingerprint density at radius 2 is 1.96 bits per heavy atom. The minimum atomic E-state index is -0.150. The number of halogens is 1. The SMILES string of the molecule is CNC(=O)c1ccc(OCc2nc(-c3ccccc3Cl)no2)cc1. The summed E-state index contributed by atoms with van der Waals surface area (Å²) in [5, 5.41) is 7.01. The highest BCUT2D eigenvalue weighted by Crippen LogP contribution is 2.25. The van der Waals surface area contributed by atoms with E-state index in [0.717, 1.165) is 0 Å². The molecule has 7 heteroatoms. The Balaban J connectivity index is 1.65. The molecule has 0 aliphatic heterocycles. The van der Waals surface area contributed by atoms with E-state index < -0.39 is 0 Å². The van der Waals surface area contributed by atoms with Crippen LogP contribution in [0.15, 0.2) is 53.1 Å². The van der Waals surface area contributed by atoms with Crippen LogP contribution in [0, 0.1) is 0 Å². The monoisotopic (exact) mass is 343 g/mol. The number of benzene rings is 2. The number of nitrogens with one attached hydrogen (secondary N) is 1. The van der Waals surface area contributed by atoms with Crippen LogP contribution in [0.1, 0.15) is 16.2 Å². The van der Waals surface area contributed by atoms with Crippen LogP contribution in [0.4, 0.5) is 0 Å². The Hall–Kier alpha value is -2.86. The molecule has 6 nitrogen and oxygen atoms in total. The minimum absolute atomic E-state index is 0.122. The summed E-state index contributed by atoms with van der Waals surface area (Å²) in [7, 11) is 1.58. The first-order chi connectivity index (χ1) is 11.7. The average Bonchev–Trinajstić information content (AvgIpc) is 3.09. The number of amides is 1. The minimum Gasteiger partial charge on any atom is -0.484 e. The third kappa shape index (κ3) is 3.55. The van der Waals surface area contributed by atoms with Crippen LogP contribution >= 0.6 is 11.6 Å². The van der Waals surface area contributed by atoms with Crippen LogP contribution in [0.5, 0.6) is 5.75 Å². The number of hydrogen-bond acceptors (Lipinski definition) is 5. The lowest BCUT2D eigenvalue weighted by molar-refractivity contribution is 0.0963. The van der Waals surface area contributed by atoms with E-state index in [-0.39, 0.29) is 12.5 Å². The van der Waals surface area contributed by atoms with Crippen molar-refractivity contribution in [1.29, 1.82) is 0 Å². The maximum atomic E-state index is 11.5. The van der Waals surface area contributed by atoms with Crippen LogP contribution in [-0.2, 0) is 6.61 Å². The fourth-order valence-electron chi connectivity index (χ4n) is 2.06. The molecule has 1 amide bonds. The molecular formula is C17H14ClN3O3. The van der Waals surface area contributed by atoms with E-state index in [2.05, 4.69) is 15.5 Å². The summed E-state index contributed by atoms with van der Waals surface area (Å²) in [5.41, 5.74) is 1.26. The van der Waals surface area contributed by atoms with Gasteiger partial charge in [-0.25, -0.2) is 0 Å². The topological polar surface area (TPSA) is 77.2 Å². The summed E-state index contributed by atoms with van der Waals surface area (Å²) in [6.45, 7) is 0.122. The molecular weight excluding hydrogens is 330 g/mol. The molecule has 0 aliphatic carbocycles. The van der Waals surface area contributed by atoms with Crippen molar-refractivity contribution in [3.63, 3.8) is 0 Å². The molecule has 3 rings (SSSR count). The summed E-state index contributed by atoms with van der Waals surface area (Å²) < 4.78 is 10.7. The van der Waals surface area contributed by atoms with Gasteiger partial charge in [0.05, 0.1) is 5.02 Å². The fraction of sp³-hybridized carbons (Fsp3) is 0.118. The largest absolute Gasteiger partial charge is 0.484 e. The van der Waals surface area contributed by atoms with Gasteiger partial charge in [0.25, 0.3) is 11.8 Å². The van der Waals surface area contributed by atoms with Crippen molar-refractivity contribution in [2.45, 2.75) is 6.61 Å². The van der Waals surface area contributed by atoms with Gasteiger partial charge in [0.2, 0.25) is 5.82 Å². The number of carbonyl (C=O) groups excluding carboxylic acids is 1. The lowest BCUT2D eigenvalue weighted by Crippen LogP contribution is -2.17. The zero-order chi connectivity index (χ0) is 16.9. The Labute approximate surface area is 143 Å². The lowest BCUT2D eigenvalue weighted by atomic mass is 10.2. The number of nitrogens with zero attached hydrogens (tertiary/aromatic N) is 2. The lowest BCUT2D eigenvalue weighted by Gasteiger charge is -2.04. The standard InChI is InChI=1S/C17H14ClN3O3/c1-19-17(22)11-6-8-12(9-7-11)23-10-15-20-16(21-24-15)13-4-2-3-5-14(13)18/h2-9H,10H2,1H3,(H,19,22). The summed E-state index contributed by atoms with van der Waals surface area (Å²) in [6, 6.07) is 14.0. The molecule has 122 valence electrons. The number of carbonyl (C=O) groups is 1. The molecule has 0 aliphatic rings. The van der Waals surface area contributed by atoms with E-state index in [1.165, 1.54) is 0 Å². The predicted octanol–water partition coefficient (Wildman–Crippen LogP) is 3.33. The second-order valence-electron chi connectivity index (χ2n) is 4.88. The zero-order valence-corrected chi connectivity index (χ0v) is 13.6. The Kier molecular flexibility index (Phi) is 4.77. The average molecular weight is 344 g/mol. The Morgan fingerprint density at radius 3 is 2.67 bits per heavy atom. The van der Waals surface area contributed by atoms with Crippen LogP contribution in [0.3, 0.4) is 0 Å². The summed E-state index contributed by atoms with van der Waals surface area (Å²) in [4.78, 5) is 15.7. The molecule has 0 saturated carbocycles. The predicted molar refractivity (Wildman–Crippen MR) is 88.9 cm³/mol. The van der Waals surface area contributed by atoms with Crippen LogP contribution in [0.25, 0.3) is 11.4 Å². The maximum absolute atomic E-state index is 11.5. The highest BCUT2D eigenvalue weighted by molar-refractivity contribution is 6.33. The molecule has 0 fully saturated rings. The van der Waals surface area contributed by atoms with Gasteiger partial charge in [-0.15, -0.1) is 0 Å². The second-order valence-corrected chi connectivity index (χ2v) is 5.29. The Bertz CT molecular complexity index is 846. The highest BCUT2D eigenvalue weighted by atomic mass is 35.5. The molecule has 1 N–H and O–H groups in total. The maximum Gasteiger partial charge on any atom is 0.264 e. The van der Waals surface area contributed by atoms with Crippen LogP contribution < -0.4 is 10.1 Å². The molecule has 0 spiro atoms. The number of rotatable bonds is 5. The van der Waals surface area contributed by atoms with Gasteiger partial charge in [-0.3, -0.25) is 4.79 Å². The third-order valence-electron chi connectivity index (χ3n) is 3.29. The number of aromatic nitrogens is 2. The zero-order valence-electron chi connectivity index (χ0n) is 12.8. The smallest absolute Gasteiger partial charge is 0.264 e. The van der Waals surface area contributed by atoms with Crippen molar-refractivity contribution >= 4 is 17.5 Å². The summed E-state index contributed by atoms with van der Waals surface area (Å²) in [5.74, 6) is 1.19. The van der Waals surface area contributed by atoms with Gasteiger partial charge in [0.15, 0.2) is 6.61 Å². The number of hydrogen-bond donors (Lipinski definition) is 1. The summed E-state index contributed by atoms with van der Waals surface area (Å²) in [6.07, 6.45) is 0. The van der Waals surface area contributed by atoms with E-state index in [1.54, 1.807) is 37.4 Å². The Morgan fingerprint density at radius 1 is 1.21 bits per heavy atom. The second kappa shape index (κ2) is 7.14. The number of ether oxygens (including phenoxy) is 1. The van der Waals surface area contributed by atoms with Gasteiger partial charge in [0, 0.05) is 18.2 Å². The van der Waals surface area contributed by atoms with Gasteiger partial charge < -0.3 is 14.6 Å². The van der Waals surface area contributed by atoms with Crippen LogP contribution in [0.2, 0.25) is 5.02 Å². The first-order valence-electron chi connectivity index (χ1n) is 7.20. The van der Waals surface area contributed by atoms with E-state index in [0.29, 0.717) is 33.6 Å². The molecule has 0 radical (unpaired) electrons. The molecule has 1 aromatic heterocycles.